The molecule has 0 aliphatic carbocycles. The van der Waals surface area contributed by atoms with Gasteiger partial charge in [0.2, 0.25) is 5.91 Å². The molecule has 11 heteroatoms. The van der Waals surface area contributed by atoms with E-state index in [9.17, 15) is 23.4 Å². The van der Waals surface area contributed by atoms with Crippen molar-refractivity contribution in [2.24, 2.45) is 5.41 Å². The van der Waals surface area contributed by atoms with Crippen LogP contribution in [-0.2, 0) is 19.6 Å². The summed E-state index contributed by atoms with van der Waals surface area (Å²) < 4.78 is 26.6. The first-order valence-corrected chi connectivity index (χ1v) is 10.8. The number of carbonyl (C=O) groups excluding carboxylic acids is 1. The average molecular weight is 423 g/mol. The van der Waals surface area contributed by atoms with Gasteiger partial charge in [-0.1, -0.05) is 19.4 Å². The first kappa shape index (κ1) is 23.5. The summed E-state index contributed by atoms with van der Waals surface area (Å²) in [4.78, 5) is 22.3. The van der Waals surface area contributed by atoms with E-state index >= 15 is 0 Å². The highest BCUT2D eigenvalue weighted by molar-refractivity contribution is 7.91. The minimum absolute atomic E-state index is 0.167. The first-order chi connectivity index (χ1) is 12.8. The molecule has 9 nitrogen and oxygen atoms in total. The lowest BCUT2D eigenvalue weighted by Gasteiger charge is -2.45. The number of carboxylic acid groups (broad SMARTS) is 1. The van der Waals surface area contributed by atoms with Gasteiger partial charge in [-0.3, -0.25) is 9.59 Å². The molecule has 27 heavy (non-hydrogen) atoms. The number of hydrogen-bond donors (Lipinski definition) is 4. The molecule has 2 heterocycles. The number of nitrogens with one attached hydrogen (secondary N) is 1. The standard InChI is InChI=1S/C15H24N2O5S2.CH2O2/c1-2-6-15(11-18)10-17(7-5-12(15)19)13(20)9-16-24(21,22)14-4-3-8-23-14;2-1-3/h3-4,8,12,16,18-19H,2,5-7,9-11H2,1H3;1H,(H,2,3)/t12-,15-;/m0./s1. The normalized spacial score (nSPS) is 22.6. The fourth-order valence-electron chi connectivity index (χ4n) is 3.10. The van der Waals surface area contributed by atoms with Gasteiger partial charge >= 0.3 is 0 Å². The second-order valence-electron chi connectivity index (χ2n) is 6.25. The molecule has 0 spiro atoms. The van der Waals surface area contributed by atoms with Gasteiger partial charge in [0.1, 0.15) is 4.21 Å². The van der Waals surface area contributed by atoms with Crippen molar-refractivity contribution in [1.29, 1.82) is 0 Å². The maximum Gasteiger partial charge on any atom is 0.290 e. The lowest BCUT2D eigenvalue weighted by atomic mass is 9.74. The number of amides is 1. The Hall–Kier alpha value is -1.53. The van der Waals surface area contributed by atoms with Crippen molar-refractivity contribution < 1.29 is 33.3 Å². The van der Waals surface area contributed by atoms with Crippen molar-refractivity contribution in [2.75, 3.05) is 26.2 Å². The van der Waals surface area contributed by atoms with Gasteiger partial charge in [-0.15, -0.1) is 11.3 Å². The van der Waals surface area contributed by atoms with Crippen LogP contribution in [-0.4, -0.2) is 73.4 Å². The van der Waals surface area contributed by atoms with Crippen molar-refractivity contribution in [2.45, 2.75) is 36.5 Å². The van der Waals surface area contributed by atoms with Crippen LogP contribution in [0.15, 0.2) is 21.7 Å². The van der Waals surface area contributed by atoms with E-state index in [4.69, 9.17) is 9.90 Å². The van der Waals surface area contributed by atoms with Gasteiger partial charge in [-0.2, -0.15) is 0 Å². The molecule has 1 aromatic rings. The molecule has 4 N–H and O–H groups in total. The first-order valence-electron chi connectivity index (χ1n) is 8.44. The number of thiophene rings is 1. The summed E-state index contributed by atoms with van der Waals surface area (Å²) in [5.41, 5.74) is -0.727. The van der Waals surface area contributed by atoms with Gasteiger partial charge in [0, 0.05) is 18.5 Å². The van der Waals surface area contributed by atoms with Crippen LogP contribution in [0.2, 0.25) is 0 Å². The van der Waals surface area contributed by atoms with Gasteiger partial charge in [-0.25, -0.2) is 13.1 Å². The molecule has 2 rings (SSSR count). The van der Waals surface area contributed by atoms with E-state index in [2.05, 4.69) is 4.72 Å². The van der Waals surface area contributed by atoms with Crippen molar-refractivity contribution in [1.82, 2.24) is 9.62 Å². The number of carbonyl (C=O) groups is 2. The van der Waals surface area contributed by atoms with Gasteiger partial charge in [0.15, 0.2) is 0 Å². The Morgan fingerprint density at radius 1 is 1.52 bits per heavy atom. The highest BCUT2D eigenvalue weighted by Gasteiger charge is 2.42. The maximum absolute atomic E-state index is 12.4. The fraction of sp³-hybridized carbons (Fsp3) is 0.625. The summed E-state index contributed by atoms with van der Waals surface area (Å²) in [5.74, 6) is -0.351. The Morgan fingerprint density at radius 2 is 2.19 bits per heavy atom. The molecule has 1 aromatic heterocycles. The van der Waals surface area contributed by atoms with Crippen molar-refractivity contribution >= 4 is 33.7 Å². The zero-order valence-corrected chi connectivity index (χ0v) is 16.7. The van der Waals surface area contributed by atoms with Crippen molar-refractivity contribution in [3.8, 4) is 0 Å². The minimum Gasteiger partial charge on any atom is -0.483 e. The summed E-state index contributed by atoms with van der Waals surface area (Å²) in [6.07, 6.45) is 1.11. The Balaban J connectivity index is 0.00000114. The number of rotatable bonds is 7. The fourth-order valence-corrected chi connectivity index (χ4v) is 5.11. The summed E-state index contributed by atoms with van der Waals surface area (Å²) in [7, 11) is -3.68. The summed E-state index contributed by atoms with van der Waals surface area (Å²) in [6.45, 7) is 1.76. The lowest BCUT2D eigenvalue weighted by Crippen LogP contribution is -2.56. The molecule has 154 valence electrons. The molecule has 1 amide bonds. The van der Waals surface area contributed by atoms with Crippen LogP contribution < -0.4 is 4.72 Å². The third kappa shape index (κ3) is 6.25. The SMILES string of the molecule is CCC[C@@]1(CO)CN(C(=O)CNS(=O)(=O)c2cccs2)CC[C@@H]1O.O=CO. The van der Waals surface area contributed by atoms with Crippen molar-refractivity contribution in [3.05, 3.63) is 17.5 Å². The number of sulfonamides is 1. The average Bonchev–Trinajstić information content (AvgIpc) is 3.18. The topological polar surface area (TPSA) is 144 Å². The molecule has 1 saturated heterocycles. The van der Waals surface area contributed by atoms with Crippen LogP contribution in [0.25, 0.3) is 0 Å². The van der Waals surface area contributed by atoms with E-state index in [1.165, 1.54) is 11.0 Å². The number of nitrogens with zero attached hydrogens (tertiary/aromatic N) is 1. The van der Waals surface area contributed by atoms with Crippen LogP contribution in [0.3, 0.4) is 0 Å². The lowest BCUT2D eigenvalue weighted by molar-refractivity contribution is -0.141. The predicted molar refractivity (Wildman–Crippen MR) is 99.8 cm³/mol. The van der Waals surface area contributed by atoms with E-state index in [-0.39, 0.29) is 36.3 Å². The Morgan fingerprint density at radius 3 is 2.70 bits per heavy atom. The zero-order chi connectivity index (χ0) is 20.5. The predicted octanol–water partition coefficient (Wildman–Crippen LogP) is 0.0992. The third-order valence-electron chi connectivity index (χ3n) is 4.47. The molecule has 0 radical (unpaired) electrons. The second-order valence-corrected chi connectivity index (χ2v) is 9.19. The number of hydrogen-bond acceptors (Lipinski definition) is 7. The van der Waals surface area contributed by atoms with Gasteiger partial charge in [0.05, 0.1) is 19.3 Å². The molecule has 2 atom stereocenters. The van der Waals surface area contributed by atoms with E-state index in [0.717, 1.165) is 17.8 Å². The number of piperidine rings is 1. The Kier molecular flexibility index (Phi) is 9.33. The molecular weight excluding hydrogens is 396 g/mol. The molecular formula is C16H26N2O7S2. The quantitative estimate of drug-likeness (QED) is 0.456. The zero-order valence-electron chi connectivity index (χ0n) is 15.1. The smallest absolute Gasteiger partial charge is 0.290 e. The van der Waals surface area contributed by atoms with Crippen LogP contribution in [0, 0.1) is 5.41 Å². The van der Waals surface area contributed by atoms with Crippen LogP contribution in [0.4, 0.5) is 0 Å². The van der Waals surface area contributed by atoms with Gasteiger partial charge < -0.3 is 20.2 Å². The number of likely N-dealkylation sites (tertiary alicyclic amines) is 1. The van der Waals surface area contributed by atoms with Crippen molar-refractivity contribution in [3.63, 3.8) is 0 Å². The van der Waals surface area contributed by atoms with E-state index in [0.29, 0.717) is 19.4 Å². The van der Waals surface area contributed by atoms with Gasteiger partial charge in [0.25, 0.3) is 16.5 Å². The van der Waals surface area contributed by atoms with Crippen LogP contribution >= 0.6 is 11.3 Å². The number of aliphatic hydroxyl groups is 2. The molecule has 0 aromatic carbocycles. The number of aliphatic hydroxyl groups excluding tert-OH is 2. The van der Waals surface area contributed by atoms with Crippen LogP contribution in [0.1, 0.15) is 26.2 Å². The van der Waals surface area contributed by atoms with E-state index in [1.54, 1.807) is 11.4 Å². The third-order valence-corrected chi connectivity index (χ3v) is 7.27. The van der Waals surface area contributed by atoms with Gasteiger partial charge in [-0.05, 0) is 24.3 Å². The monoisotopic (exact) mass is 422 g/mol. The van der Waals surface area contributed by atoms with E-state index in [1.807, 2.05) is 6.92 Å². The Labute approximate surface area is 162 Å². The molecule has 0 saturated carbocycles. The van der Waals surface area contributed by atoms with E-state index < -0.39 is 21.5 Å². The molecule has 1 aliphatic rings. The summed E-state index contributed by atoms with van der Waals surface area (Å²) in [6, 6.07) is 3.11. The molecule has 0 bridgehead atoms. The maximum atomic E-state index is 12.4. The highest BCUT2D eigenvalue weighted by Crippen LogP contribution is 2.34. The highest BCUT2D eigenvalue weighted by atomic mass is 32.2. The largest absolute Gasteiger partial charge is 0.483 e. The Bertz CT molecular complexity index is 694. The summed E-state index contributed by atoms with van der Waals surface area (Å²) in [5, 5.41) is 28.5. The minimum atomic E-state index is -3.68. The molecule has 0 unspecified atom stereocenters. The molecule has 1 fully saturated rings. The second kappa shape index (κ2) is 10.7. The molecule has 1 aliphatic heterocycles. The van der Waals surface area contributed by atoms with Crippen LogP contribution in [0.5, 0.6) is 0 Å². The summed E-state index contributed by atoms with van der Waals surface area (Å²) >= 11 is 1.09.